The van der Waals surface area contributed by atoms with Gasteiger partial charge in [0.2, 0.25) is 0 Å². The number of hydrogen-bond donors (Lipinski definition) is 0. The van der Waals surface area contributed by atoms with Gasteiger partial charge in [0.1, 0.15) is 5.82 Å². The molecule has 4 aromatic rings. The maximum Gasteiger partial charge on any atom is 0.269 e. The lowest BCUT2D eigenvalue weighted by molar-refractivity contribution is 0.599. The van der Waals surface area contributed by atoms with Gasteiger partial charge in [-0.15, -0.1) is 0 Å². The molecular weight excluding hydrogens is 319 g/mol. The predicted molar refractivity (Wildman–Crippen MR) is 92.5 cm³/mol. The Morgan fingerprint density at radius 1 is 0.960 bits per heavy atom. The summed E-state index contributed by atoms with van der Waals surface area (Å²) in [7, 11) is 0. The highest BCUT2D eigenvalue weighted by Gasteiger charge is 2.10. The van der Waals surface area contributed by atoms with Gasteiger partial charge in [-0.05, 0) is 41.5 Å². The van der Waals surface area contributed by atoms with Crippen LogP contribution in [0.25, 0.3) is 22.3 Å². The summed E-state index contributed by atoms with van der Waals surface area (Å²) in [6.07, 6.45) is 6.14. The van der Waals surface area contributed by atoms with Crippen LogP contribution in [-0.2, 0) is 6.54 Å². The van der Waals surface area contributed by atoms with Crippen LogP contribution in [0.2, 0.25) is 0 Å². The molecule has 0 saturated heterocycles. The van der Waals surface area contributed by atoms with Crippen LogP contribution in [0.3, 0.4) is 0 Å². The van der Waals surface area contributed by atoms with E-state index in [1.54, 1.807) is 36.8 Å². The Bertz CT molecular complexity index is 1110. The zero-order valence-corrected chi connectivity index (χ0v) is 13.1. The monoisotopic (exact) mass is 332 g/mol. The van der Waals surface area contributed by atoms with E-state index in [-0.39, 0.29) is 17.9 Å². The average molecular weight is 332 g/mol. The first kappa shape index (κ1) is 15.1. The number of aromatic nitrogens is 4. The van der Waals surface area contributed by atoms with E-state index in [9.17, 15) is 9.18 Å². The van der Waals surface area contributed by atoms with Crippen molar-refractivity contribution >= 4 is 11.2 Å². The van der Waals surface area contributed by atoms with Crippen LogP contribution in [0.4, 0.5) is 4.39 Å². The minimum Gasteiger partial charge on any atom is -0.299 e. The molecule has 0 spiro atoms. The number of fused-ring (bicyclic) bond motifs is 1. The number of nitrogens with zero attached hydrogens (tertiary/aromatic N) is 4. The fraction of sp³-hybridized carbons (Fsp3) is 0.0526. The van der Waals surface area contributed by atoms with E-state index in [0.29, 0.717) is 16.7 Å². The van der Waals surface area contributed by atoms with E-state index in [1.165, 1.54) is 16.8 Å². The molecule has 6 heteroatoms. The smallest absolute Gasteiger partial charge is 0.269 e. The summed E-state index contributed by atoms with van der Waals surface area (Å²) in [5.41, 5.74) is 2.81. The van der Waals surface area contributed by atoms with Crippen molar-refractivity contribution in [3.8, 4) is 11.1 Å². The molecule has 0 unspecified atom stereocenters. The summed E-state index contributed by atoms with van der Waals surface area (Å²) in [5, 5.41) is 0. The maximum absolute atomic E-state index is 14.6. The van der Waals surface area contributed by atoms with Gasteiger partial charge >= 0.3 is 0 Å². The van der Waals surface area contributed by atoms with Crippen LogP contribution < -0.4 is 5.56 Å². The SMILES string of the molecule is O=c1cnc2ncccc2n1Cc1ccc(-c2ccncc2)cc1F. The van der Waals surface area contributed by atoms with Gasteiger partial charge in [0.05, 0.1) is 18.3 Å². The zero-order valence-electron chi connectivity index (χ0n) is 13.1. The molecule has 122 valence electrons. The van der Waals surface area contributed by atoms with Crippen LogP contribution in [0.15, 0.2) is 72.0 Å². The van der Waals surface area contributed by atoms with Crippen LogP contribution in [-0.4, -0.2) is 19.5 Å². The van der Waals surface area contributed by atoms with Gasteiger partial charge in [0, 0.05) is 24.2 Å². The van der Waals surface area contributed by atoms with Gasteiger partial charge < -0.3 is 0 Å². The fourth-order valence-electron chi connectivity index (χ4n) is 2.74. The molecule has 0 aliphatic rings. The van der Waals surface area contributed by atoms with Gasteiger partial charge in [0.25, 0.3) is 5.56 Å². The second-order valence-corrected chi connectivity index (χ2v) is 5.57. The van der Waals surface area contributed by atoms with Crippen molar-refractivity contribution in [2.75, 3.05) is 0 Å². The quantitative estimate of drug-likeness (QED) is 0.578. The highest BCUT2D eigenvalue weighted by molar-refractivity contribution is 5.69. The Morgan fingerprint density at radius 3 is 2.60 bits per heavy atom. The Labute approximate surface area is 142 Å². The first-order valence-electron chi connectivity index (χ1n) is 7.72. The van der Waals surface area contributed by atoms with E-state index in [2.05, 4.69) is 15.0 Å². The van der Waals surface area contributed by atoms with Crippen molar-refractivity contribution in [1.29, 1.82) is 0 Å². The van der Waals surface area contributed by atoms with E-state index < -0.39 is 0 Å². The Hall–Kier alpha value is -3.41. The molecule has 0 aliphatic heterocycles. The lowest BCUT2D eigenvalue weighted by atomic mass is 10.0. The molecule has 0 atom stereocenters. The van der Waals surface area contributed by atoms with Crippen molar-refractivity contribution in [3.05, 3.63) is 89.0 Å². The molecule has 0 saturated carbocycles. The van der Waals surface area contributed by atoms with Gasteiger partial charge in [-0.25, -0.2) is 14.4 Å². The van der Waals surface area contributed by atoms with E-state index in [4.69, 9.17) is 0 Å². The van der Waals surface area contributed by atoms with Gasteiger partial charge in [-0.3, -0.25) is 14.3 Å². The number of hydrogen-bond acceptors (Lipinski definition) is 4. The second kappa shape index (κ2) is 6.24. The van der Waals surface area contributed by atoms with Crippen molar-refractivity contribution in [2.45, 2.75) is 6.54 Å². The number of halogens is 1. The lowest BCUT2D eigenvalue weighted by Crippen LogP contribution is -2.21. The van der Waals surface area contributed by atoms with Gasteiger partial charge in [-0.1, -0.05) is 12.1 Å². The highest BCUT2D eigenvalue weighted by atomic mass is 19.1. The minimum atomic E-state index is -0.366. The molecular formula is C19H13FN4O. The first-order valence-corrected chi connectivity index (χ1v) is 7.72. The van der Waals surface area contributed by atoms with Crippen LogP contribution >= 0.6 is 0 Å². The first-order chi connectivity index (χ1) is 12.2. The topological polar surface area (TPSA) is 60.7 Å². The Balaban J connectivity index is 1.75. The van der Waals surface area contributed by atoms with Crippen LogP contribution in [0.5, 0.6) is 0 Å². The van der Waals surface area contributed by atoms with Crippen LogP contribution in [0, 0.1) is 5.82 Å². The molecule has 25 heavy (non-hydrogen) atoms. The molecule has 0 aliphatic carbocycles. The molecule has 0 N–H and O–H groups in total. The molecule has 0 amide bonds. The second-order valence-electron chi connectivity index (χ2n) is 5.57. The number of pyridine rings is 2. The molecule has 0 bridgehead atoms. The molecule has 3 aromatic heterocycles. The summed E-state index contributed by atoms with van der Waals surface area (Å²) in [4.78, 5) is 24.3. The average Bonchev–Trinajstić information content (AvgIpc) is 2.66. The zero-order chi connectivity index (χ0) is 17.2. The molecule has 0 radical (unpaired) electrons. The third-order valence-corrected chi connectivity index (χ3v) is 4.02. The summed E-state index contributed by atoms with van der Waals surface area (Å²) in [6.45, 7) is 0.117. The fourth-order valence-corrected chi connectivity index (χ4v) is 2.74. The third-order valence-electron chi connectivity index (χ3n) is 4.02. The summed E-state index contributed by atoms with van der Waals surface area (Å²) in [6, 6.07) is 12.1. The highest BCUT2D eigenvalue weighted by Crippen LogP contribution is 2.22. The predicted octanol–water partition coefficient (Wildman–Crippen LogP) is 3.04. The van der Waals surface area contributed by atoms with Gasteiger partial charge in [-0.2, -0.15) is 0 Å². The van der Waals surface area contributed by atoms with Crippen LogP contribution in [0.1, 0.15) is 5.56 Å². The van der Waals surface area contributed by atoms with Gasteiger partial charge in [0.15, 0.2) is 5.65 Å². The molecule has 3 heterocycles. The molecule has 4 rings (SSSR count). The van der Waals surface area contributed by atoms with E-state index in [1.807, 2.05) is 18.2 Å². The summed E-state index contributed by atoms with van der Waals surface area (Å²) in [5.74, 6) is -0.366. The Kier molecular flexibility index (Phi) is 3.78. The number of benzene rings is 1. The normalized spacial score (nSPS) is 10.9. The number of rotatable bonds is 3. The molecule has 5 nitrogen and oxygen atoms in total. The third kappa shape index (κ3) is 2.89. The molecule has 0 fully saturated rings. The van der Waals surface area contributed by atoms with Crippen molar-refractivity contribution in [2.24, 2.45) is 0 Å². The standard InChI is InChI=1S/C19H13FN4O/c20-16-10-14(13-5-8-21-9-6-13)3-4-15(16)12-24-17-2-1-7-22-19(17)23-11-18(24)25/h1-11H,12H2. The maximum atomic E-state index is 14.6. The minimum absolute atomic E-state index is 0.117. The Morgan fingerprint density at radius 2 is 1.80 bits per heavy atom. The summed E-state index contributed by atoms with van der Waals surface area (Å²) < 4.78 is 16.1. The summed E-state index contributed by atoms with van der Waals surface area (Å²) >= 11 is 0. The molecule has 1 aromatic carbocycles. The lowest BCUT2D eigenvalue weighted by Gasteiger charge is -2.11. The van der Waals surface area contributed by atoms with E-state index >= 15 is 0 Å². The largest absolute Gasteiger partial charge is 0.299 e. The van der Waals surface area contributed by atoms with E-state index in [0.717, 1.165) is 11.1 Å². The van der Waals surface area contributed by atoms with Crippen molar-refractivity contribution < 1.29 is 4.39 Å². The van der Waals surface area contributed by atoms with Crippen molar-refractivity contribution in [3.63, 3.8) is 0 Å². The van der Waals surface area contributed by atoms with Crippen molar-refractivity contribution in [1.82, 2.24) is 19.5 Å².